The number of nitrogens with zero attached hydrogens (tertiary/aromatic N) is 1. The maximum atomic E-state index is 5.92. The predicted octanol–water partition coefficient (Wildman–Crippen LogP) is 5.27. The molecule has 2 aromatic rings. The Bertz CT molecular complexity index is 765. The monoisotopic (exact) mass is 385 g/mol. The van der Waals surface area contributed by atoms with Gasteiger partial charge in [0.15, 0.2) is 0 Å². The zero-order valence-corrected chi connectivity index (χ0v) is 18.2. The average Bonchev–Trinajstić information content (AvgIpc) is 2.67. The van der Waals surface area contributed by atoms with Crippen LogP contribution in [0.2, 0.25) is 0 Å². The molecule has 27 heavy (non-hydrogen) atoms. The molecule has 146 valence electrons. The number of benzene rings is 2. The second-order valence-corrected chi connectivity index (χ2v) is 8.05. The van der Waals surface area contributed by atoms with Gasteiger partial charge in [0.05, 0.1) is 7.05 Å². The Morgan fingerprint density at radius 2 is 1.89 bits per heavy atom. The number of allylic oxidation sites excluding steroid dienone is 1. The van der Waals surface area contributed by atoms with E-state index in [4.69, 9.17) is 11.6 Å². The molecule has 0 radical (unpaired) electrons. The molecule has 0 aromatic heterocycles. The molecule has 2 N–H and O–H groups in total. The molecule has 0 bridgehead atoms. The second-order valence-electron chi connectivity index (χ2n) is 7.68. The summed E-state index contributed by atoms with van der Waals surface area (Å²) in [6.45, 7) is 10.9. The Labute approximate surface area is 170 Å². The van der Waals surface area contributed by atoms with Crippen LogP contribution in [0.1, 0.15) is 43.9 Å². The minimum absolute atomic E-state index is 0.104. The summed E-state index contributed by atoms with van der Waals surface area (Å²) in [7, 11) is 2.11. The lowest BCUT2D eigenvalue weighted by Crippen LogP contribution is -2.73. The van der Waals surface area contributed by atoms with E-state index in [0.29, 0.717) is 5.88 Å². The summed E-state index contributed by atoms with van der Waals surface area (Å²) in [6, 6.07) is 15.4. The summed E-state index contributed by atoms with van der Waals surface area (Å²) in [5.74, 6) is 0.653. The highest BCUT2D eigenvalue weighted by molar-refractivity contribution is 6.18. The fraction of sp³-hybridized carbons (Fsp3) is 0.417. The number of anilines is 1. The Kier molecular flexibility index (Phi) is 7.94. The number of alkyl halides is 1. The molecule has 0 spiro atoms. The van der Waals surface area contributed by atoms with Crippen LogP contribution >= 0.6 is 11.6 Å². The van der Waals surface area contributed by atoms with E-state index in [9.17, 15) is 0 Å². The van der Waals surface area contributed by atoms with Crippen LogP contribution in [0.5, 0.6) is 0 Å². The normalized spacial score (nSPS) is 11.9. The van der Waals surface area contributed by atoms with Gasteiger partial charge in [-0.2, -0.15) is 0 Å². The second kappa shape index (κ2) is 9.96. The summed E-state index contributed by atoms with van der Waals surface area (Å²) >= 11 is 5.92. The van der Waals surface area contributed by atoms with Crippen LogP contribution in [0.25, 0.3) is 6.08 Å². The zero-order valence-electron chi connectivity index (χ0n) is 17.4. The van der Waals surface area contributed by atoms with Crippen LogP contribution < -0.4 is 10.2 Å². The van der Waals surface area contributed by atoms with Crippen LogP contribution in [0.15, 0.2) is 48.5 Å². The molecule has 0 heterocycles. The molecule has 0 aliphatic heterocycles. The lowest BCUT2D eigenvalue weighted by molar-refractivity contribution is -0.540. The van der Waals surface area contributed by atoms with Gasteiger partial charge in [-0.1, -0.05) is 50.3 Å². The van der Waals surface area contributed by atoms with Crippen LogP contribution in [-0.4, -0.2) is 26.0 Å². The molecule has 3 heteroatoms. The molecule has 2 aromatic carbocycles. The average molecular weight is 386 g/mol. The largest absolute Gasteiger partial charge is 0.371 e. The Morgan fingerprint density at radius 3 is 2.52 bits per heavy atom. The van der Waals surface area contributed by atoms with Crippen molar-refractivity contribution >= 4 is 29.1 Å². The molecule has 2 nitrogen and oxygen atoms in total. The number of aryl methyl sites for hydroxylation is 1. The van der Waals surface area contributed by atoms with Gasteiger partial charge in [-0.25, -0.2) is 0 Å². The smallest absolute Gasteiger partial charge is 0.133 e. The number of para-hydroxylation sites is 1. The fourth-order valence-electron chi connectivity index (χ4n) is 3.57. The molecule has 0 fully saturated rings. The first-order valence-corrected chi connectivity index (χ1v) is 10.4. The SMILES string of the molecule is CCN(CCCl)c1ccc(C=CCC(C)(C)c2ccccc2[NH2+]C)c(C)c1. The fourth-order valence-corrected chi connectivity index (χ4v) is 3.77. The van der Waals surface area contributed by atoms with E-state index < -0.39 is 0 Å². The van der Waals surface area contributed by atoms with Gasteiger partial charge in [0.25, 0.3) is 0 Å². The van der Waals surface area contributed by atoms with Crippen molar-refractivity contribution < 1.29 is 5.32 Å². The van der Waals surface area contributed by atoms with Gasteiger partial charge in [-0.05, 0) is 55.0 Å². The van der Waals surface area contributed by atoms with Crippen molar-refractivity contribution in [3.05, 3.63) is 65.2 Å². The molecule has 2 rings (SSSR count). The van der Waals surface area contributed by atoms with Crippen molar-refractivity contribution in [3.63, 3.8) is 0 Å². The highest BCUT2D eigenvalue weighted by Crippen LogP contribution is 2.31. The van der Waals surface area contributed by atoms with Crippen molar-refractivity contribution in [1.29, 1.82) is 0 Å². The van der Waals surface area contributed by atoms with Crippen molar-refractivity contribution in [2.24, 2.45) is 0 Å². The van der Waals surface area contributed by atoms with Gasteiger partial charge in [0.2, 0.25) is 0 Å². The number of quaternary nitrogens is 1. The number of nitrogens with two attached hydrogens (primary N) is 1. The minimum Gasteiger partial charge on any atom is -0.371 e. The molecule has 0 atom stereocenters. The van der Waals surface area contributed by atoms with Crippen LogP contribution in [0.3, 0.4) is 0 Å². The van der Waals surface area contributed by atoms with Crippen LogP contribution in [-0.2, 0) is 5.41 Å². The maximum Gasteiger partial charge on any atom is 0.133 e. The van der Waals surface area contributed by atoms with Crippen molar-refractivity contribution in [2.45, 2.75) is 39.5 Å². The number of rotatable bonds is 9. The van der Waals surface area contributed by atoms with Gasteiger partial charge < -0.3 is 10.2 Å². The standard InChI is InChI=1S/C24H33ClN2/c1-6-27(17-16-25)21-14-13-20(19(2)18-21)10-9-15-24(3,4)22-11-7-8-12-23(22)26-5/h7-14,18,26H,6,15-17H2,1-5H3/p+1. The van der Waals surface area contributed by atoms with Crippen LogP contribution in [0.4, 0.5) is 11.4 Å². The summed E-state index contributed by atoms with van der Waals surface area (Å²) in [6.07, 6.45) is 5.58. The third-order valence-corrected chi connectivity index (χ3v) is 5.45. The van der Waals surface area contributed by atoms with Gasteiger partial charge in [0, 0.05) is 30.2 Å². The molecule has 0 aliphatic rings. The molecular formula is C24H34ClN2+. The van der Waals surface area contributed by atoms with Crippen molar-refractivity contribution in [3.8, 4) is 0 Å². The quantitative estimate of drug-likeness (QED) is 0.460. The highest BCUT2D eigenvalue weighted by Gasteiger charge is 2.23. The van der Waals surface area contributed by atoms with E-state index >= 15 is 0 Å². The van der Waals surface area contributed by atoms with Gasteiger partial charge in [-0.3, -0.25) is 0 Å². The first kappa shape index (κ1) is 21.5. The van der Waals surface area contributed by atoms with E-state index in [1.807, 2.05) is 0 Å². The number of hydrogen-bond donors (Lipinski definition) is 1. The van der Waals surface area contributed by atoms with Gasteiger partial charge in [0.1, 0.15) is 5.69 Å². The first-order valence-electron chi connectivity index (χ1n) is 9.90. The summed E-state index contributed by atoms with van der Waals surface area (Å²) < 4.78 is 0. The molecule has 0 saturated heterocycles. The Morgan fingerprint density at radius 1 is 1.15 bits per heavy atom. The van der Waals surface area contributed by atoms with Gasteiger partial charge >= 0.3 is 0 Å². The molecule has 0 saturated carbocycles. The van der Waals surface area contributed by atoms with E-state index in [0.717, 1.165) is 19.5 Å². The summed E-state index contributed by atoms with van der Waals surface area (Å²) in [4.78, 5) is 2.31. The van der Waals surface area contributed by atoms with Crippen LogP contribution in [0, 0.1) is 6.92 Å². The van der Waals surface area contributed by atoms with E-state index in [-0.39, 0.29) is 5.41 Å². The minimum atomic E-state index is 0.104. The third-order valence-electron chi connectivity index (χ3n) is 5.28. The van der Waals surface area contributed by atoms with E-state index in [1.54, 1.807) is 0 Å². The molecule has 0 aliphatic carbocycles. The lowest BCUT2D eigenvalue weighted by atomic mass is 9.80. The Balaban J connectivity index is 2.13. The third kappa shape index (κ3) is 5.60. The number of halogens is 1. The molecular weight excluding hydrogens is 352 g/mol. The summed E-state index contributed by atoms with van der Waals surface area (Å²) in [5, 5.41) is 2.20. The first-order chi connectivity index (χ1) is 12.9. The highest BCUT2D eigenvalue weighted by atomic mass is 35.5. The zero-order chi connectivity index (χ0) is 19.9. The Hall–Kier alpha value is -1.77. The van der Waals surface area contributed by atoms with Gasteiger partial charge in [-0.15, -0.1) is 11.6 Å². The predicted molar refractivity (Wildman–Crippen MR) is 120 cm³/mol. The van der Waals surface area contributed by atoms with Crippen molar-refractivity contribution in [1.82, 2.24) is 0 Å². The van der Waals surface area contributed by atoms with E-state index in [2.05, 4.69) is 99.6 Å². The van der Waals surface area contributed by atoms with Crippen molar-refractivity contribution in [2.75, 3.05) is 30.9 Å². The molecule has 0 unspecified atom stereocenters. The van der Waals surface area contributed by atoms with E-state index in [1.165, 1.54) is 28.1 Å². The maximum absolute atomic E-state index is 5.92. The summed E-state index contributed by atoms with van der Waals surface area (Å²) in [5.41, 5.74) is 6.68. The lowest BCUT2D eigenvalue weighted by Gasteiger charge is -2.24. The topological polar surface area (TPSA) is 19.9 Å². The number of hydrogen-bond acceptors (Lipinski definition) is 1. The molecule has 0 amide bonds.